The Bertz CT molecular complexity index is 414. The molecule has 0 amide bonds. The molecule has 0 bridgehead atoms. The highest BCUT2D eigenvalue weighted by atomic mass is 16.1. The van der Waals surface area contributed by atoms with Crippen LogP contribution in [0.2, 0.25) is 0 Å². The number of Topliss-reactive ketones (excluding diaryl/α,β-unsaturated/α-hetero) is 1. The summed E-state index contributed by atoms with van der Waals surface area (Å²) in [5.74, 6) is 0.327. The van der Waals surface area contributed by atoms with Crippen molar-refractivity contribution in [3.05, 3.63) is 35.4 Å². The van der Waals surface area contributed by atoms with E-state index in [1.54, 1.807) is 0 Å². The monoisotopic (exact) mass is 232 g/mol. The number of likely N-dealkylation sites (tertiary alicyclic amines) is 1. The number of carbonyl (C=O) groups excluding carboxylic acids is 1. The Kier molecular flexibility index (Phi) is 3.60. The molecule has 1 saturated heterocycles. The third-order valence-corrected chi connectivity index (χ3v) is 3.42. The molecule has 17 heavy (non-hydrogen) atoms. The van der Waals surface area contributed by atoms with Crippen LogP contribution < -0.4 is 5.73 Å². The van der Waals surface area contributed by atoms with Crippen LogP contribution in [0.25, 0.3) is 0 Å². The van der Waals surface area contributed by atoms with E-state index in [-0.39, 0.29) is 6.04 Å². The molecule has 1 aromatic carbocycles. The lowest BCUT2D eigenvalue weighted by Crippen LogP contribution is -2.32. The van der Waals surface area contributed by atoms with E-state index in [0.29, 0.717) is 24.8 Å². The first-order chi connectivity index (χ1) is 8.13. The molecular weight excluding hydrogens is 212 g/mol. The number of ketones is 1. The molecule has 1 heterocycles. The molecule has 1 aromatic rings. The smallest absolute Gasteiger partial charge is 0.155 e. The first-order valence-corrected chi connectivity index (χ1v) is 6.21. The molecule has 1 atom stereocenters. The van der Waals surface area contributed by atoms with Gasteiger partial charge in [0.05, 0.1) is 6.04 Å². The minimum atomic E-state index is -0.0681. The van der Waals surface area contributed by atoms with Crippen LogP contribution in [0.3, 0.4) is 0 Å². The van der Waals surface area contributed by atoms with Crippen LogP contribution in [0, 0.1) is 0 Å². The van der Waals surface area contributed by atoms with Crippen molar-refractivity contribution in [1.82, 2.24) is 4.90 Å². The fraction of sp³-hybridized carbons (Fsp3) is 0.500. The lowest BCUT2D eigenvalue weighted by atomic mass is 10.0. The summed E-state index contributed by atoms with van der Waals surface area (Å²) in [6.45, 7) is 5.67. The Morgan fingerprint density at radius 2 is 2.24 bits per heavy atom. The van der Waals surface area contributed by atoms with Crippen LogP contribution in [0.4, 0.5) is 0 Å². The molecule has 2 N–H and O–H groups in total. The molecule has 0 aromatic heterocycles. The van der Waals surface area contributed by atoms with Crippen LogP contribution in [0.15, 0.2) is 24.3 Å². The maximum absolute atomic E-state index is 12.0. The van der Waals surface area contributed by atoms with Crippen molar-refractivity contribution in [2.75, 3.05) is 6.54 Å². The summed E-state index contributed by atoms with van der Waals surface area (Å²) in [5.41, 5.74) is 7.82. The molecule has 1 aliphatic heterocycles. The van der Waals surface area contributed by atoms with E-state index in [1.807, 2.05) is 18.2 Å². The van der Waals surface area contributed by atoms with Gasteiger partial charge in [-0.25, -0.2) is 0 Å². The summed E-state index contributed by atoms with van der Waals surface area (Å²) in [6, 6.07) is 8.41. The van der Waals surface area contributed by atoms with Gasteiger partial charge in [-0.1, -0.05) is 24.3 Å². The molecule has 1 fully saturated rings. The number of nitrogens with two attached hydrogens (primary N) is 1. The van der Waals surface area contributed by atoms with Gasteiger partial charge in [-0.3, -0.25) is 9.69 Å². The fourth-order valence-electron chi connectivity index (χ4n) is 2.51. The van der Waals surface area contributed by atoms with E-state index in [2.05, 4.69) is 24.8 Å². The lowest BCUT2D eigenvalue weighted by molar-refractivity contribution is -0.120. The van der Waals surface area contributed by atoms with Crippen molar-refractivity contribution in [2.45, 2.75) is 38.9 Å². The summed E-state index contributed by atoms with van der Waals surface area (Å²) in [7, 11) is 0. The number of carbonyl (C=O) groups is 1. The predicted molar refractivity (Wildman–Crippen MR) is 68.5 cm³/mol. The molecule has 1 unspecified atom stereocenters. The number of nitrogens with zero attached hydrogens (tertiary/aromatic N) is 1. The van der Waals surface area contributed by atoms with E-state index in [0.717, 1.165) is 17.7 Å². The zero-order valence-electron chi connectivity index (χ0n) is 10.5. The van der Waals surface area contributed by atoms with Gasteiger partial charge in [-0.15, -0.1) is 0 Å². The van der Waals surface area contributed by atoms with E-state index >= 15 is 0 Å². The highest BCUT2D eigenvalue weighted by Gasteiger charge is 2.34. The Morgan fingerprint density at radius 3 is 2.88 bits per heavy atom. The number of hydrogen-bond acceptors (Lipinski definition) is 3. The molecule has 0 spiro atoms. The third-order valence-electron chi connectivity index (χ3n) is 3.42. The summed E-state index contributed by atoms with van der Waals surface area (Å²) in [4.78, 5) is 14.3. The number of benzene rings is 1. The Hall–Kier alpha value is -1.19. The molecule has 0 saturated carbocycles. The van der Waals surface area contributed by atoms with Crippen LogP contribution in [0.5, 0.6) is 0 Å². The van der Waals surface area contributed by atoms with E-state index in [1.165, 1.54) is 0 Å². The van der Waals surface area contributed by atoms with Gasteiger partial charge in [0.25, 0.3) is 0 Å². The zero-order valence-corrected chi connectivity index (χ0v) is 10.5. The van der Waals surface area contributed by atoms with Crippen LogP contribution in [-0.2, 0) is 11.3 Å². The van der Waals surface area contributed by atoms with Gasteiger partial charge < -0.3 is 5.73 Å². The normalized spacial score (nSPS) is 21.4. The molecule has 2 rings (SSSR count). The standard InChI is InChI=1S/C14H20N2O/c1-10(2)16-7-6-13(17)14(16)12-5-3-4-11(8-12)9-15/h3-5,8,10,14H,6-7,9,15H2,1-2H3. The van der Waals surface area contributed by atoms with Crippen LogP contribution in [0.1, 0.15) is 37.4 Å². The van der Waals surface area contributed by atoms with Gasteiger partial charge in [-0.2, -0.15) is 0 Å². The summed E-state index contributed by atoms with van der Waals surface area (Å²) in [5, 5.41) is 0. The molecule has 1 aliphatic rings. The number of hydrogen-bond donors (Lipinski definition) is 1. The maximum Gasteiger partial charge on any atom is 0.155 e. The predicted octanol–water partition coefficient (Wildman–Crippen LogP) is 1.87. The second-order valence-corrected chi connectivity index (χ2v) is 4.90. The lowest BCUT2D eigenvalue weighted by Gasteiger charge is -2.27. The summed E-state index contributed by atoms with van der Waals surface area (Å²) in [6.07, 6.45) is 0.662. The van der Waals surface area contributed by atoms with Crippen molar-refractivity contribution in [2.24, 2.45) is 5.73 Å². The van der Waals surface area contributed by atoms with Gasteiger partial charge in [0, 0.05) is 25.6 Å². The van der Waals surface area contributed by atoms with Gasteiger partial charge >= 0.3 is 0 Å². The molecule has 0 aliphatic carbocycles. The largest absolute Gasteiger partial charge is 0.326 e. The third kappa shape index (κ3) is 2.40. The first-order valence-electron chi connectivity index (χ1n) is 6.21. The molecule has 3 nitrogen and oxygen atoms in total. The molecule has 92 valence electrons. The van der Waals surface area contributed by atoms with Crippen molar-refractivity contribution >= 4 is 5.78 Å². The van der Waals surface area contributed by atoms with Gasteiger partial charge in [0.15, 0.2) is 5.78 Å². The van der Waals surface area contributed by atoms with E-state index in [9.17, 15) is 4.79 Å². The van der Waals surface area contributed by atoms with E-state index < -0.39 is 0 Å². The first kappa shape index (κ1) is 12.3. The SMILES string of the molecule is CC(C)N1CCC(=O)C1c1cccc(CN)c1. The summed E-state index contributed by atoms with van der Waals surface area (Å²) >= 11 is 0. The quantitative estimate of drug-likeness (QED) is 0.865. The van der Waals surface area contributed by atoms with Crippen LogP contribution in [-0.4, -0.2) is 23.3 Å². The minimum absolute atomic E-state index is 0.0681. The second-order valence-electron chi connectivity index (χ2n) is 4.90. The minimum Gasteiger partial charge on any atom is -0.326 e. The Morgan fingerprint density at radius 1 is 1.47 bits per heavy atom. The zero-order chi connectivity index (χ0) is 12.4. The Labute approximate surface area is 103 Å². The van der Waals surface area contributed by atoms with Gasteiger partial charge in [0.1, 0.15) is 0 Å². The average Bonchev–Trinajstić information content (AvgIpc) is 2.71. The highest BCUT2D eigenvalue weighted by Crippen LogP contribution is 2.31. The van der Waals surface area contributed by atoms with Crippen LogP contribution >= 0.6 is 0 Å². The molecular formula is C14H20N2O. The van der Waals surface area contributed by atoms with Crippen molar-refractivity contribution in [1.29, 1.82) is 0 Å². The molecule has 3 heteroatoms. The van der Waals surface area contributed by atoms with Crippen molar-refractivity contribution in [3.8, 4) is 0 Å². The van der Waals surface area contributed by atoms with E-state index in [4.69, 9.17) is 5.73 Å². The maximum atomic E-state index is 12.0. The van der Waals surface area contributed by atoms with Gasteiger partial charge in [0.2, 0.25) is 0 Å². The Balaban J connectivity index is 2.32. The van der Waals surface area contributed by atoms with Crippen molar-refractivity contribution < 1.29 is 4.79 Å². The topological polar surface area (TPSA) is 46.3 Å². The van der Waals surface area contributed by atoms with Crippen molar-refractivity contribution in [3.63, 3.8) is 0 Å². The highest BCUT2D eigenvalue weighted by molar-refractivity contribution is 5.87. The summed E-state index contributed by atoms with van der Waals surface area (Å²) < 4.78 is 0. The average molecular weight is 232 g/mol. The second kappa shape index (κ2) is 4.98. The molecule has 0 radical (unpaired) electrons. The number of rotatable bonds is 3. The van der Waals surface area contributed by atoms with Gasteiger partial charge in [-0.05, 0) is 25.0 Å². The fourth-order valence-corrected chi connectivity index (χ4v) is 2.51.